The molecule has 7 N–H and O–H groups in total. The van der Waals surface area contributed by atoms with Crippen LogP contribution in [-0.4, -0.2) is 107 Å². The first-order valence-corrected chi connectivity index (χ1v) is 26.1. The van der Waals surface area contributed by atoms with E-state index in [-0.39, 0.29) is 6.42 Å². The van der Waals surface area contributed by atoms with Gasteiger partial charge in [-0.15, -0.1) is 0 Å². The molecule has 1 rings (SSSR count). The number of amides is 1. The normalized spacial score (nSPS) is 21.3. The van der Waals surface area contributed by atoms with Crippen molar-refractivity contribution in [2.24, 2.45) is 0 Å². The average molecular weight is 928 g/mol. The molecule has 1 aliphatic heterocycles. The summed E-state index contributed by atoms with van der Waals surface area (Å²) in [5.41, 5.74) is 0. The predicted molar refractivity (Wildman–Crippen MR) is 256 cm³/mol. The lowest BCUT2D eigenvalue weighted by Gasteiger charge is -2.41. The summed E-state index contributed by atoms with van der Waals surface area (Å²) in [6.07, 6.45) is 38.7. The van der Waals surface area contributed by atoms with Crippen molar-refractivity contribution in [3.8, 4) is 0 Å². The summed E-state index contributed by atoms with van der Waals surface area (Å²) in [6, 6.07) is -1.14. The fraction of sp³-hybridized carbons (Fsp3) is 0.780. The lowest BCUT2D eigenvalue weighted by Crippen LogP contribution is -2.61. The molecular weight excluding hydrogens is 839 g/mol. The molecule has 1 fully saturated rings. The maximum Gasteiger partial charge on any atom is 0.397 e. The first kappa shape index (κ1) is 59.8. The van der Waals surface area contributed by atoms with Gasteiger partial charge in [0.25, 0.3) is 0 Å². The van der Waals surface area contributed by atoms with Crippen molar-refractivity contribution < 1.29 is 57.0 Å². The van der Waals surface area contributed by atoms with E-state index in [9.17, 15) is 43.3 Å². The molecule has 1 heterocycles. The van der Waals surface area contributed by atoms with Crippen LogP contribution in [0.1, 0.15) is 187 Å². The van der Waals surface area contributed by atoms with Crippen molar-refractivity contribution in [3.05, 3.63) is 60.8 Å². The van der Waals surface area contributed by atoms with Gasteiger partial charge in [0.1, 0.15) is 30.5 Å². The Labute approximate surface area is 387 Å². The molecule has 13 nitrogen and oxygen atoms in total. The van der Waals surface area contributed by atoms with Crippen molar-refractivity contribution >= 4 is 16.3 Å². The molecule has 0 aromatic rings. The van der Waals surface area contributed by atoms with Gasteiger partial charge in [-0.25, -0.2) is 4.18 Å². The molecule has 8 atom stereocenters. The zero-order valence-corrected chi connectivity index (χ0v) is 40.3. The van der Waals surface area contributed by atoms with Crippen molar-refractivity contribution in [2.45, 2.75) is 236 Å². The third-order valence-corrected chi connectivity index (χ3v) is 11.8. The number of unbranched alkanes of at least 4 members (excludes halogenated alkanes) is 20. The molecule has 0 saturated carbocycles. The average Bonchev–Trinajstić information content (AvgIpc) is 3.27. The highest BCUT2D eigenvalue weighted by atomic mass is 32.3. The van der Waals surface area contributed by atoms with E-state index in [2.05, 4.69) is 72.0 Å². The van der Waals surface area contributed by atoms with Crippen LogP contribution in [0, 0.1) is 0 Å². The van der Waals surface area contributed by atoms with Crippen LogP contribution in [0.15, 0.2) is 60.8 Å². The first-order chi connectivity index (χ1) is 30.9. The summed E-state index contributed by atoms with van der Waals surface area (Å²) < 4.78 is 47.5. The highest BCUT2D eigenvalue weighted by Gasteiger charge is 2.48. The van der Waals surface area contributed by atoms with Gasteiger partial charge in [0, 0.05) is 0 Å². The van der Waals surface area contributed by atoms with E-state index in [4.69, 9.17) is 9.47 Å². The second-order valence-corrected chi connectivity index (χ2v) is 18.2. The molecule has 0 radical (unpaired) electrons. The van der Waals surface area contributed by atoms with Gasteiger partial charge in [0.15, 0.2) is 6.29 Å². The standard InChI is InChI=1S/C50H89NO12S/c1-3-5-7-9-11-13-15-17-19-20-21-22-23-25-27-29-31-33-35-37-39-44(54)49(57)51-42(41-61-50-47(56)48(63-64(58,59)60)46(55)45(40-52)62-50)43(53)38-36-34-32-30-28-26-24-18-16-14-12-10-8-6-4-2/h5,7,11,13,16,18,28,30,36,38,42-48,50,52-56H,3-4,6,8-10,12,14-15,17,19-27,29,31-35,37,39-41H2,1-2H3,(H,51,57)(H,58,59,60)/b7-5-,13-11-,18-16+,30-28+,38-36+. The van der Waals surface area contributed by atoms with Crippen LogP contribution in [0.2, 0.25) is 0 Å². The van der Waals surface area contributed by atoms with Gasteiger partial charge in [0.2, 0.25) is 5.91 Å². The quantitative estimate of drug-likeness (QED) is 0.0174. The van der Waals surface area contributed by atoms with Gasteiger partial charge in [-0.1, -0.05) is 177 Å². The van der Waals surface area contributed by atoms with Crippen LogP contribution < -0.4 is 5.32 Å². The summed E-state index contributed by atoms with van der Waals surface area (Å²) in [6.45, 7) is 3.08. The van der Waals surface area contributed by atoms with E-state index < -0.39 is 78.5 Å². The number of aliphatic hydroxyl groups excluding tert-OH is 5. The van der Waals surface area contributed by atoms with Gasteiger partial charge in [-0.3, -0.25) is 9.35 Å². The Morgan fingerprint density at radius 1 is 0.656 bits per heavy atom. The lowest BCUT2D eigenvalue weighted by atomic mass is 9.99. The van der Waals surface area contributed by atoms with E-state index in [1.807, 2.05) is 0 Å². The van der Waals surface area contributed by atoms with Crippen molar-refractivity contribution in [1.82, 2.24) is 5.32 Å². The minimum absolute atomic E-state index is 0.230. The van der Waals surface area contributed by atoms with E-state index in [1.54, 1.807) is 6.08 Å². The Kier molecular flexibility index (Phi) is 37.3. The van der Waals surface area contributed by atoms with Crippen molar-refractivity contribution in [1.29, 1.82) is 0 Å². The SMILES string of the molecule is CC/C=C\C/C=C\CCCCCCCCCCCCCCCC(O)C(=O)NC(COC1OC(CO)C(O)C(OS(=O)(=O)O)C1O)C(O)/C=C/CC/C=C/CC/C=C/CCCCCCC. The lowest BCUT2D eigenvalue weighted by molar-refractivity contribution is -0.298. The molecule has 372 valence electrons. The monoisotopic (exact) mass is 928 g/mol. The molecular formula is C50H89NO12S. The largest absolute Gasteiger partial charge is 0.397 e. The third-order valence-electron chi connectivity index (χ3n) is 11.4. The molecule has 0 bridgehead atoms. The van der Waals surface area contributed by atoms with Gasteiger partial charge in [-0.05, 0) is 70.6 Å². The zero-order valence-electron chi connectivity index (χ0n) is 39.4. The number of hydrogen-bond donors (Lipinski definition) is 7. The van der Waals surface area contributed by atoms with E-state index in [1.165, 1.54) is 102 Å². The van der Waals surface area contributed by atoms with Crippen LogP contribution in [0.25, 0.3) is 0 Å². The van der Waals surface area contributed by atoms with Crippen LogP contribution in [-0.2, 0) is 28.9 Å². The fourth-order valence-corrected chi connectivity index (χ4v) is 7.98. The Hall–Kier alpha value is -2.24. The van der Waals surface area contributed by atoms with Gasteiger partial charge >= 0.3 is 10.4 Å². The zero-order chi connectivity index (χ0) is 47.1. The van der Waals surface area contributed by atoms with Gasteiger partial charge < -0.3 is 40.3 Å². The number of carbonyl (C=O) groups is 1. The summed E-state index contributed by atoms with van der Waals surface area (Å²) in [7, 11) is -5.13. The molecule has 1 saturated heterocycles. The van der Waals surface area contributed by atoms with Crippen LogP contribution in [0.3, 0.4) is 0 Å². The van der Waals surface area contributed by atoms with Gasteiger partial charge in [-0.2, -0.15) is 8.42 Å². The number of rotatable bonds is 41. The molecule has 0 aliphatic carbocycles. The van der Waals surface area contributed by atoms with E-state index >= 15 is 0 Å². The topological polar surface area (TPSA) is 212 Å². The molecule has 8 unspecified atom stereocenters. The summed E-state index contributed by atoms with van der Waals surface area (Å²) in [5, 5.41) is 55.3. The maximum absolute atomic E-state index is 13.1. The second kappa shape index (κ2) is 39.9. The Balaban J connectivity index is 2.54. The van der Waals surface area contributed by atoms with Crippen LogP contribution >= 0.6 is 0 Å². The highest BCUT2D eigenvalue weighted by molar-refractivity contribution is 7.80. The third kappa shape index (κ3) is 31.6. The molecule has 1 amide bonds. The predicted octanol–water partition coefficient (Wildman–Crippen LogP) is 9.19. The number of carbonyl (C=O) groups excluding carboxylic acids is 1. The number of hydrogen-bond acceptors (Lipinski definition) is 11. The van der Waals surface area contributed by atoms with Gasteiger partial charge in [0.05, 0.1) is 25.4 Å². The summed E-state index contributed by atoms with van der Waals surface area (Å²) in [4.78, 5) is 13.1. The smallest absolute Gasteiger partial charge is 0.394 e. The van der Waals surface area contributed by atoms with E-state index in [0.29, 0.717) is 12.8 Å². The summed E-state index contributed by atoms with van der Waals surface area (Å²) >= 11 is 0. The number of nitrogens with one attached hydrogen (secondary N) is 1. The second-order valence-electron chi connectivity index (χ2n) is 17.1. The molecule has 1 aliphatic rings. The number of aliphatic hydroxyl groups is 5. The Bertz CT molecular complexity index is 1390. The number of allylic oxidation sites excluding steroid dienone is 9. The highest BCUT2D eigenvalue weighted by Crippen LogP contribution is 2.26. The minimum Gasteiger partial charge on any atom is -0.394 e. The molecule has 0 aromatic heterocycles. The summed E-state index contributed by atoms with van der Waals surface area (Å²) in [5.74, 6) is -0.719. The fourth-order valence-electron chi connectivity index (χ4n) is 7.47. The first-order valence-electron chi connectivity index (χ1n) is 24.8. The Morgan fingerprint density at radius 3 is 1.67 bits per heavy atom. The van der Waals surface area contributed by atoms with Crippen LogP contribution in [0.4, 0.5) is 0 Å². The van der Waals surface area contributed by atoms with Crippen molar-refractivity contribution in [2.75, 3.05) is 13.2 Å². The molecule has 64 heavy (non-hydrogen) atoms. The molecule has 0 aromatic carbocycles. The number of ether oxygens (including phenoxy) is 2. The maximum atomic E-state index is 13.1. The molecule has 0 spiro atoms. The van der Waals surface area contributed by atoms with Crippen molar-refractivity contribution in [3.63, 3.8) is 0 Å². The van der Waals surface area contributed by atoms with E-state index in [0.717, 1.165) is 57.8 Å². The minimum atomic E-state index is -5.13. The van der Waals surface area contributed by atoms with Crippen LogP contribution in [0.5, 0.6) is 0 Å². The molecule has 14 heteroatoms. The Morgan fingerprint density at radius 2 is 1.14 bits per heavy atom.